The average Bonchev–Trinajstić information content (AvgIpc) is 3.34. The molecule has 7 nitrogen and oxygen atoms in total. The molecule has 2 aliphatic heterocycles. The second-order valence-corrected chi connectivity index (χ2v) is 8.48. The molecule has 3 aromatic rings. The summed E-state index contributed by atoms with van der Waals surface area (Å²) in [6.45, 7) is 1.68. The number of hydrogen-bond acceptors (Lipinski definition) is 7. The Morgan fingerprint density at radius 1 is 1.12 bits per heavy atom. The van der Waals surface area contributed by atoms with Crippen LogP contribution in [0, 0.1) is 17.1 Å². The van der Waals surface area contributed by atoms with Crippen molar-refractivity contribution in [1.82, 2.24) is 9.97 Å². The Morgan fingerprint density at radius 2 is 1.91 bits per heavy atom. The number of aromatic nitrogens is 2. The number of nitrogen functional groups attached to an aromatic ring is 1. The highest BCUT2D eigenvalue weighted by Gasteiger charge is 2.28. The molecule has 1 saturated heterocycles. The van der Waals surface area contributed by atoms with Gasteiger partial charge in [-0.2, -0.15) is 10.2 Å². The first-order chi connectivity index (χ1) is 16.5. The van der Waals surface area contributed by atoms with Crippen LogP contribution in [0.4, 0.5) is 16.2 Å². The van der Waals surface area contributed by atoms with Crippen molar-refractivity contribution in [2.24, 2.45) is 4.99 Å². The Morgan fingerprint density at radius 3 is 2.68 bits per heavy atom. The number of morpholine rings is 1. The van der Waals surface area contributed by atoms with Crippen LogP contribution in [0.1, 0.15) is 17.5 Å². The van der Waals surface area contributed by atoms with Crippen LogP contribution in [0.5, 0.6) is 0 Å². The highest BCUT2D eigenvalue weighted by Crippen LogP contribution is 2.29. The zero-order valence-corrected chi connectivity index (χ0v) is 18.8. The van der Waals surface area contributed by atoms with Gasteiger partial charge in [-0.3, -0.25) is 4.99 Å². The van der Waals surface area contributed by atoms with Gasteiger partial charge in [-0.15, -0.1) is 0 Å². The van der Waals surface area contributed by atoms with Crippen LogP contribution in [0.25, 0.3) is 16.8 Å². The fourth-order valence-corrected chi connectivity index (χ4v) is 4.20. The van der Waals surface area contributed by atoms with Crippen molar-refractivity contribution in [3.63, 3.8) is 0 Å². The molecule has 0 aliphatic carbocycles. The third-order valence-corrected chi connectivity index (χ3v) is 6.10. The van der Waals surface area contributed by atoms with Gasteiger partial charge >= 0.3 is 0 Å². The molecule has 1 atom stereocenters. The average molecular weight is 475 g/mol. The van der Waals surface area contributed by atoms with Gasteiger partial charge < -0.3 is 15.4 Å². The number of aliphatic imine (C=N–C) groups is 1. The first-order valence-electron chi connectivity index (χ1n) is 10.7. The second-order valence-electron chi connectivity index (χ2n) is 8.04. The van der Waals surface area contributed by atoms with Crippen LogP contribution in [0.3, 0.4) is 0 Å². The second kappa shape index (κ2) is 9.21. The van der Waals surface area contributed by atoms with E-state index >= 15 is 0 Å². The van der Waals surface area contributed by atoms with E-state index in [9.17, 15) is 4.39 Å². The summed E-state index contributed by atoms with van der Waals surface area (Å²) in [5.74, 6) is 0.115. The van der Waals surface area contributed by atoms with Crippen LogP contribution in [-0.4, -0.2) is 41.5 Å². The molecule has 34 heavy (non-hydrogen) atoms. The number of rotatable bonds is 4. The van der Waals surface area contributed by atoms with E-state index in [4.69, 9.17) is 27.3 Å². The zero-order valence-electron chi connectivity index (χ0n) is 18.1. The number of halogens is 2. The molecule has 1 fully saturated rings. The van der Waals surface area contributed by atoms with E-state index in [0.717, 1.165) is 16.8 Å². The van der Waals surface area contributed by atoms with Crippen molar-refractivity contribution in [1.29, 1.82) is 5.26 Å². The summed E-state index contributed by atoms with van der Waals surface area (Å²) in [5, 5.41) is 9.67. The predicted molar refractivity (Wildman–Crippen MR) is 130 cm³/mol. The molecule has 3 heterocycles. The molecular weight excluding hydrogens is 455 g/mol. The van der Waals surface area contributed by atoms with E-state index < -0.39 is 5.82 Å². The van der Waals surface area contributed by atoms with Crippen LogP contribution in [0.2, 0.25) is 5.02 Å². The zero-order chi connectivity index (χ0) is 23.7. The smallest absolute Gasteiger partial charge is 0.222 e. The van der Waals surface area contributed by atoms with Crippen LogP contribution in [-0.2, 0) is 4.74 Å². The fourth-order valence-electron chi connectivity index (χ4n) is 4.07. The third kappa shape index (κ3) is 4.49. The van der Waals surface area contributed by atoms with Crippen molar-refractivity contribution in [3.05, 3.63) is 76.7 Å². The Labute approximate surface area is 201 Å². The van der Waals surface area contributed by atoms with Gasteiger partial charge in [-0.25, -0.2) is 9.37 Å². The summed E-state index contributed by atoms with van der Waals surface area (Å²) in [4.78, 5) is 15.3. The van der Waals surface area contributed by atoms with E-state index in [-0.39, 0.29) is 17.6 Å². The van der Waals surface area contributed by atoms with Gasteiger partial charge in [-0.1, -0.05) is 29.8 Å². The number of nitrogens with two attached hydrogens (primary N) is 1. The minimum absolute atomic E-state index is 0.0223. The van der Waals surface area contributed by atoms with Gasteiger partial charge in [0.15, 0.2) is 0 Å². The van der Waals surface area contributed by atoms with E-state index in [1.54, 1.807) is 12.1 Å². The van der Waals surface area contributed by atoms with Crippen molar-refractivity contribution < 1.29 is 9.13 Å². The van der Waals surface area contributed by atoms with Crippen molar-refractivity contribution in [2.75, 3.05) is 30.3 Å². The summed E-state index contributed by atoms with van der Waals surface area (Å²) in [6.07, 6.45) is 2.38. The first kappa shape index (κ1) is 22.0. The van der Waals surface area contributed by atoms with Gasteiger partial charge in [0, 0.05) is 35.8 Å². The number of nitriles is 1. The lowest BCUT2D eigenvalue weighted by Gasteiger charge is -2.34. The molecule has 170 valence electrons. The molecule has 2 aliphatic rings. The van der Waals surface area contributed by atoms with E-state index in [2.05, 4.69) is 19.9 Å². The van der Waals surface area contributed by atoms with Crippen LogP contribution >= 0.6 is 11.6 Å². The lowest BCUT2D eigenvalue weighted by Crippen LogP contribution is -2.46. The monoisotopic (exact) mass is 474 g/mol. The minimum atomic E-state index is -0.603. The minimum Gasteiger partial charge on any atom is -0.369 e. The quantitative estimate of drug-likeness (QED) is 0.598. The molecular formula is C25H20ClFN6O. The largest absolute Gasteiger partial charge is 0.369 e. The molecule has 5 rings (SSSR count). The Balaban J connectivity index is 1.33. The molecule has 2 aromatic carbocycles. The van der Waals surface area contributed by atoms with E-state index in [0.29, 0.717) is 48.2 Å². The highest BCUT2D eigenvalue weighted by atomic mass is 35.5. The topological polar surface area (TPSA) is 100 Å². The van der Waals surface area contributed by atoms with Gasteiger partial charge in [0.25, 0.3) is 0 Å². The van der Waals surface area contributed by atoms with Gasteiger partial charge in [0.05, 0.1) is 30.1 Å². The standard InChI is InChI=1S/C25H20ClFN6O/c26-19-5-3-15(4-6-19)18-10-22(30-13-18)23-14-33(7-8-34-23)24-11-21(31-25(29)32-24)16-1-2-17(12-28)20(27)9-16/h1-6,9,11,13,23H,7-8,10,14H2,(H2,29,31,32). The number of allylic oxidation sites excluding steroid dienone is 1. The third-order valence-electron chi connectivity index (χ3n) is 5.85. The van der Waals surface area contributed by atoms with Crippen LogP contribution < -0.4 is 10.6 Å². The molecule has 2 N–H and O–H groups in total. The lowest BCUT2D eigenvalue weighted by atomic mass is 10.00. The van der Waals surface area contributed by atoms with E-state index in [1.165, 1.54) is 12.1 Å². The van der Waals surface area contributed by atoms with E-state index in [1.807, 2.05) is 36.5 Å². The molecule has 1 unspecified atom stereocenters. The van der Waals surface area contributed by atoms with Crippen LogP contribution in [0.15, 0.2) is 59.7 Å². The fraction of sp³-hybridized carbons (Fsp3) is 0.200. The predicted octanol–water partition coefficient (Wildman–Crippen LogP) is 4.48. The maximum absolute atomic E-state index is 14.1. The lowest BCUT2D eigenvalue weighted by molar-refractivity contribution is 0.0829. The molecule has 0 spiro atoms. The normalized spacial score (nSPS) is 17.8. The number of nitrogens with zero attached hydrogens (tertiary/aromatic N) is 5. The van der Waals surface area contributed by atoms with Crippen molar-refractivity contribution >= 4 is 34.7 Å². The van der Waals surface area contributed by atoms with Gasteiger partial charge in [0.2, 0.25) is 5.95 Å². The molecule has 0 radical (unpaired) electrons. The number of benzene rings is 2. The molecule has 9 heteroatoms. The molecule has 0 bridgehead atoms. The Kier molecular flexibility index (Phi) is 5.97. The van der Waals surface area contributed by atoms with Crippen molar-refractivity contribution in [2.45, 2.75) is 12.5 Å². The maximum Gasteiger partial charge on any atom is 0.222 e. The molecule has 0 amide bonds. The number of ether oxygens (including phenoxy) is 1. The summed E-state index contributed by atoms with van der Waals surface area (Å²) in [5.41, 5.74) is 10.1. The maximum atomic E-state index is 14.1. The summed E-state index contributed by atoms with van der Waals surface area (Å²) in [6, 6.07) is 15.6. The Bertz CT molecular complexity index is 1350. The summed E-state index contributed by atoms with van der Waals surface area (Å²) < 4.78 is 20.2. The van der Waals surface area contributed by atoms with Gasteiger partial charge in [0.1, 0.15) is 23.8 Å². The summed E-state index contributed by atoms with van der Waals surface area (Å²) >= 11 is 6.00. The van der Waals surface area contributed by atoms with Crippen molar-refractivity contribution in [3.8, 4) is 17.3 Å². The van der Waals surface area contributed by atoms with Gasteiger partial charge in [-0.05, 0) is 35.4 Å². The molecule has 0 saturated carbocycles. The number of anilines is 2. The Hall–Kier alpha value is -3.80. The highest BCUT2D eigenvalue weighted by molar-refractivity contribution is 6.30. The SMILES string of the molecule is N#Cc1ccc(-c2cc(N3CCOC(C4=NC=C(c5ccc(Cl)cc5)C4)C3)nc(N)n2)cc1F. The summed E-state index contributed by atoms with van der Waals surface area (Å²) in [7, 11) is 0. The molecule has 1 aromatic heterocycles. The first-order valence-corrected chi connectivity index (χ1v) is 11.1. The number of hydrogen-bond donors (Lipinski definition) is 1.